The van der Waals surface area contributed by atoms with Crippen molar-refractivity contribution in [1.82, 2.24) is 0 Å². The van der Waals surface area contributed by atoms with Gasteiger partial charge in [0.1, 0.15) is 0 Å². The van der Waals surface area contributed by atoms with Gasteiger partial charge in [0.2, 0.25) is 9.84 Å². The summed E-state index contributed by atoms with van der Waals surface area (Å²) >= 11 is 0. The summed E-state index contributed by atoms with van der Waals surface area (Å²) in [7, 11) is -3.42. The highest BCUT2D eigenvalue weighted by molar-refractivity contribution is 7.95. The summed E-state index contributed by atoms with van der Waals surface area (Å²) in [4.78, 5) is 0. The number of rotatable bonds is 0. The van der Waals surface area contributed by atoms with Crippen molar-refractivity contribution in [3.05, 3.63) is 35.4 Å². The maximum atomic E-state index is 12.6. The number of hydrogen-bond acceptors (Lipinski definition) is 2. The fourth-order valence-electron chi connectivity index (χ4n) is 0.726. The molecule has 1 rings (SSSR count). The Morgan fingerprint density at radius 1 is 1.21 bits per heavy atom. The van der Waals surface area contributed by atoms with E-state index in [0.29, 0.717) is 0 Å². The van der Waals surface area contributed by atoms with Crippen LogP contribution in [0.25, 0.3) is 0 Å². The van der Waals surface area contributed by atoms with Gasteiger partial charge in [-0.1, -0.05) is 0 Å². The van der Waals surface area contributed by atoms with Crippen LogP contribution in [0, 0.1) is 22.8 Å². The molecule has 0 saturated carbocycles. The van der Waals surface area contributed by atoms with Gasteiger partial charge in [-0.15, -0.1) is 0 Å². The number of hydrogen-bond donors (Lipinski definition) is 0. The fraction of sp³-hybridized carbons (Fsp3) is 0.111. The van der Waals surface area contributed by atoms with Crippen molar-refractivity contribution >= 4 is 9.84 Å². The lowest BCUT2D eigenvalue weighted by atomic mass is 10.2. The number of sulfone groups is 1. The van der Waals surface area contributed by atoms with Gasteiger partial charge in [-0.05, 0) is 24.1 Å². The Balaban J connectivity index is 3.10. The maximum absolute atomic E-state index is 12.6. The molecule has 0 heterocycles. The molecule has 0 fully saturated rings. The predicted molar refractivity (Wildman–Crippen MR) is 48.1 cm³/mol. The van der Waals surface area contributed by atoms with Crippen molar-refractivity contribution in [2.24, 2.45) is 0 Å². The lowest BCUT2D eigenvalue weighted by molar-refractivity contribution is 0.508. The zero-order valence-corrected chi connectivity index (χ0v) is 8.03. The van der Waals surface area contributed by atoms with Crippen LogP contribution in [-0.4, -0.2) is 14.7 Å². The molecular formula is C9H6F2O2S. The van der Waals surface area contributed by atoms with E-state index in [9.17, 15) is 17.2 Å². The highest BCUT2D eigenvalue weighted by Gasteiger charge is 2.00. The molecule has 5 heteroatoms. The fourth-order valence-corrected chi connectivity index (χ4v) is 1.03. The maximum Gasteiger partial charge on any atom is 0.214 e. The van der Waals surface area contributed by atoms with E-state index < -0.39 is 21.5 Å². The van der Waals surface area contributed by atoms with E-state index in [1.165, 1.54) is 6.07 Å². The Bertz CT molecular complexity index is 509. The van der Waals surface area contributed by atoms with Gasteiger partial charge in [0.15, 0.2) is 11.6 Å². The summed E-state index contributed by atoms with van der Waals surface area (Å²) in [6.45, 7) is 0. The van der Waals surface area contributed by atoms with Crippen LogP contribution in [0.2, 0.25) is 0 Å². The number of benzene rings is 1. The molecule has 1 aromatic rings. The second-order valence-corrected chi connectivity index (χ2v) is 4.38. The Morgan fingerprint density at radius 3 is 2.36 bits per heavy atom. The van der Waals surface area contributed by atoms with E-state index in [-0.39, 0.29) is 5.56 Å². The van der Waals surface area contributed by atoms with Crippen molar-refractivity contribution in [3.63, 3.8) is 0 Å². The minimum atomic E-state index is -3.42. The van der Waals surface area contributed by atoms with Crippen LogP contribution in [0.3, 0.4) is 0 Å². The minimum Gasteiger partial charge on any atom is -0.216 e. The van der Waals surface area contributed by atoms with E-state index >= 15 is 0 Å². The van der Waals surface area contributed by atoms with E-state index in [1.54, 1.807) is 0 Å². The molecule has 0 aliphatic rings. The summed E-state index contributed by atoms with van der Waals surface area (Å²) in [5.41, 5.74) is 0.120. The Morgan fingerprint density at radius 2 is 1.86 bits per heavy atom. The molecule has 0 unspecified atom stereocenters. The van der Waals surface area contributed by atoms with E-state index in [4.69, 9.17) is 0 Å². The molecule has 0 spiro atoms. The summed E-state index contributed by atoms with van der Waals surface area (Å²) in [5.74, 6) is 0.167. The molecule has 0 atom stereocenters. The molecular weight excluding hydrogens is 210 g/mol. The van der Waals surface area contributed by atoms with Crippen LogP contribution >= 0.6 is 0 Å². The van der Waals surface area contributed by atoms with Crippen molar-refractivity contribution in [2.45, 2.75) is 0 Å². The zero-order valence-electron chi connectivity index (χ0n) is 7.21. The van der Waals surface area contributed by atoms with Crippen LogP contribution in [0.1, 0.15) is 5.56 Å². The van der Waals surface area contributed by atoms with Crippen LogP contribution < -0.4 is 0 Å². The SMILES string of the molecule is CS(=O)(=O)C#Cc1ccc(F)c(F)c1. The third-order valence-electron chi connectivity index (χ3n) is 1.30. The zero-order chi connectivity index (χ0) is 10.8. The molecule has 0 aliphatic heterocycles. The molecule has 0 amide bonds. The molecule has 0 aliphatic carbocycles. The first-order chi connectivity index (χ1) is 6.38. The monoisotopic (exact) mass is 216 g/mol. The summed E-state index contributed by atoms with van der Waals surface area (Å²) in [6.07, 6.45) is 0.930. The minimum absolute atomic E-state index is 0.120. The summed E-state index contributed by atoms with van der Waals surface area (Å²) in [5, 5.41) is 1.92. The van der Waals surface area contributed by atoms with Gasteiger partial charge in [0, 0.05) is 10.8 Å². The molecule has 0 N–H and O–H groups in total. The Kier molecular flexibility index (Phi) is 2.87. The van der Waals surface area contributed by atoms with Crippen molar-refractivity contribution in [3.8, 4) is 11.2 Å². The molecule has 14 heavy (non-hydrogen) atoms. The first-order valence-electron chi connectivity index (χ1n) is 3.56. The van der Waals surface area contributed by atoms with Crippen molar-refractivity contribution in [2.75, 3.05) is 6.26 Å². The van der Waals surface area contributed by atoms with Gasteiger partial charge in [0.25, 0.3) is 0 Å². The second kappa shape index (κ2) is 3.76. The third-order valence-corrected chi connectivity index (χ3v) is 1.77. The molecule has 0 aromatic heterocycles. The highest BCUT2D eigenvalue weighted by atomic mass is 32.2. The lowest BCUT2D eigenvalue weighted by Crippen LogP contribution is -1.90. The first-order valence-corrected chi connectivity index (χ1v) is 5.45. The number of halogens is 2. The average molecular weight is 216 g/mol. The molecule has 0 radical (unpaired) electrons. The predicted octanol–water partition coefficient (Wildman–Crippen LogP) is 1.32. The van der Waals surface area contributed by atoms with Crippen molar-refractivity contribution < 1.29 is 17.2 Å². The van der Waals surface area contributed by atoms with Crippen LogP contribution in [0.4, 0.5) is 8.78 Å². The van der Waals surface area contributed by atoms with Gasteiger partial charge in [-0.2, -0.15) is 0 Å². The topological polar surface area (TPSA) is 34.1 Å². The van der Waals surface area contributed by atoms with Crippen molar-refractivity contribution in [1.29, 1.82) is 0 Å². The van der Waals surface area contributed by atoms with Gasteiger partial charge in [-0.3, -0.25) is 0 Å². The first kappa shape index (κ1) is 10.7. The highest BCUT2D eigenvalue weighted by Crippen LogP contribution is 2.07. The second-order valence-electron chi connectivity index (χ2n) is 2.63. The van der Waals surface area contributed by atoms with Gasteiger partial charge >= 0.3 is 0 Å². The van der Waals surface area contributed by atoms with Gasteiger partial charge < -0.3 is 0 Å². The Labute approximate surface area is 80.5 Å². The third kappa shape index (κ3) is 3.15. The molecule has 1 aromatic carbocycles. The summed E-state index contributed by atoms with van der Waals surface area (Å²) < 4.78 is 46.3. The summed E-state index contributed by atoms with van der Waals surface area (Å²) in [6, 6.07) is 2.94. The van der Waals surface area contributed by atoms with E-state index in [0.717, 1.165) is 18.4 Å². The lowest BCUT2D eigenvalue weighted by Gasteiger charge is -1.92. The van der Waals surface area contributed by atoms with Crippen LogP contribution in [0.5, 0.6) is 0 Å². The largest absolute Gasteiger partial charge is 0.216 e. The quantitative estimate of drug-likeness (QED) is 0.613. The molecule has 0 bridgehead atoms. The van der Waals surface area contributed by atoms with E-state index in [2.05, 4.69) is 5.92 Å². The smallest absolute Gasteiger partial charge is 0.214 e. The standard InChI is InChI=1S/C9H6F2O2S/c1-14(12,13)5-4-7-2-3-8(10)9(11)6-7/h2-3,6H,1H3. The molecule has 2 nitrogen and oxygen atoms in total. The Hall–Kier alpha value is -1.41. The van der Waals surface area contributed by atoms with Crippen LogP contribution in [0.15, 0.2) is 18.2 Å². The normalized spacial score (nSPS) is 10.5. The average Bonchev–Trinajstić information content (AvgIpc) is 2.06. The van der Waals surface area contributed by atoms with Gasteiger partial charge in [-0.25, -0.2) is 17.2 Å². The van der Waals surface area contributed by atoms with E-state index in [1.807, 2.05) is 5.25 Å². The molecule has 74 valence electrons. The molecule has 0 saturated heterocycles. The van der Waals surface area contributed by atoms with Crippen LogP contribution in [-0.2, 0) is 9.84 Å². The van der Waals surface area contributed by atoms with Gasteiger partial charge in [0.05, 0.1) is 6.26 Å².